The second-order valence-corrected chi connectivity index (χ2v) is 14.7. The number of allylic oxidation sites excluding steroid dienone is 2. The summed E-state index contributed by atoms with van der Waals surface area (Å²) in [5.74, 6) is 5.02. The van der Waals surface area contributed by atoms with E-state index in [9.17, 15) is 8.78 Å². The summed E-state index contributed by atoms with van der Waals surface area (Å²) < 4.78 is 36.3. The fraction of sp³-hybridized carbons (Fsp3) is 0.868. The normalized spacial score (nSPS) is 34.3. The Kier molecular flexibility index (Phi) is 14.2. The highest BCUT2D eigenvalue weighted by Gasteiger charge is 2.37. The fourth-order valence-electron chi connectivity index (χ4n) is 8.77. The van der Waals surface area contributed by atoms with Gasteiger partial charge in [-0.1, -0.05) is 71.6 Å². The molecule has 244 valence electrons. The summed E-state index contributed by atoms with van der Waals surface area (Å²) in [7, 11) is 0. The highest BCUT2D eigenvalue weighted by molar-refractivity contribution is 5.10. The summed E-state index contributed by atoms with van der Waals surface area (Å²) in [6.45, 7) is 4.57. The van der Waals surface area contributed by atoms with Gasteiger partial charge in [0.15, 0.2) is 6.10 Å². The van der Waals surface area contributed by atoms with Crippen LogP contribution in [0.25, 0.3) is 0 Å². The summed E-state index contributed by atoms with van der Waals surface area (Å²) in [6, 6.07) is 2.20. The summed E-state index contributed by atoms with van der Waals surface area (Å²) in [6.07, 6.45) is 28.4. The largest absolute Gasteiger partial charge is 0.483 e. The van der Waals surface area contributed by atoms with Crippen LogP contribution in [0.3, 0.4) is 0 Å². The molecule has 2 aliphatic heterocycles. The van der Waals surface area contributed by atoms with Crippen molar-refractivity contribution in [2.75, 3.05) is 0 Å². The molecule has 0 aromatic rings. The number of hydrogen-bond donors (Lipinski definition) is 0. The summed E-state index contributed by atoms with van der Waals surface area (Å²) in [4.78, 5) is 0. The van der Waals surface area contributed by atoms with Crippen LogP contribution in [0.15, 0.2) is 23.7 Å². The minimum absolute atomic E-state index is 0.138. The van der Waals surface area contributed by atoms with Crippen LogP contribution < -0.4 is 0 Å². The zero-order chi connectivity index (χ0) is 30.5. The van der Waals surface area contributed by atoms with Crippen LogP contribution in [-0.2, 0) is 9.47 Å². The van der Waals surface area contributed by atoms with Crippen molar-refractivity contribution in [2.24, 2.45) is 35.5 Å². The number of hydrogen-bond acceptors (Lipinski definition) is 3. The van der Waals surface area contributed by atoms with Crippen molar-refractivity contribution in [3.05, 3.63) is 23.7 Å². The molecule has 5 rings (SSSR count). The molecule has 5 aliphatic rings. The number of halogens is 2. The van der Waals surface area contributed by atoms with Crippen molar-refractivity contribution in [2.45, 2.75) is 174 Å². The fourth-order valence-corrected chi connectivity index (χ4v) is 8.77. The van der Waals surface area contributed by atoms with E-state index < -0.39 is 6.11 Å². The van der Waals surface area contributed by atoms with Crippen molar-refractivity contribution < 1.29 is 18.3 Å². The van der Waals surface area contributed by atoms with Gasteiger partial charge < -0.3 is 9.47 Å². The average Bonchev–Trinajstić information content (AvgIpc) is 3.05. The molecule has 0 radical (unpaired) electrons. The van der Waals surface area contributed by atoms with Gasteiger partial charge in [0.25, 0.3) is 0 Å². The Morgan fingerprint density at radius 3 is 1.74 bits per heavy atom. The molecule has 0 amide bonds. The van der Waals surface area contributed by atoms with Crippen LogP contribution in [0.1, 0.15) is 162 Å². The van der Waals surface area contributed by atoms with Crippen LogP contribution in [0, 0.1) is 46.8 Å². The first-order chi connectivity index (χ1) is 20.9. The first-order valence-corrected chi connectivity index (χ1v) is 18.4. The Balaban J connectivity index is 0.000000203. The zero-order valence-corrected chi connectivity index (χ0v) is 27.5. The van der Waals surface area contributed by atoms with Crippen LogP contribution >= 0.6 is 0 Å². The topological polar surface area (TPSA) is 42.2 Å². The quantitative estimate of drug-likeness (QED) is 0.234. The van der Waals surface area contributed by atoms with E-state index in [4.69, 9.17) is 10.00 Å². The molecule has 0 bridgehead atoms. The van der Waals surface area contributed by atoms with E-state index in [-0.39, 0.29) is 12.5 Å². The SMILES string of the molecule is CCCCC1CCC(C2CCC(C3=COC(F)(F)CC3)CC2)CC1.CCCCCC1CCC(C2=COC(C#N)CC2)CC1. The van der Waals surface area contributed by atoms with Gasteiger partial charge in [0.05, 0.1) is 18.9 Å². The van der Waals surface area contributed by atoms with Gasteiger partial charge in [-0.3, -0.25) is 0 Å². The van der Waals surface area contributed by atoms with E-state index in [1.165, 1.54) is 134 Å². The lowest BCUT2D eigenvalue weighted by molar-refractivity contribution is -0.215. The zero-order valence-electron chi connectivity index (χ0n) is 27.5. The third-order valence-corrected chi connectivity index (χ3v) is 11.7. The number of unbranched alkanes of at least 4 members (excludes halogenated alkanes) is 3. The molecule has 3 aliphatic carbocycles. The maximum absolute atomic E-state index is 13.1. The molecule has 0 aromatic carbocycles. The summed E-state index contributed by atoms with van der Waals surface area (Å²) >= 11 is 0. The van der Waals surface area contributed by atoms with Crippen molar-refractivity contribution in [3.8, 4) is 6.07 Å². The number of ether oxygens (including phenoxy) is 2. The van der Waals surface area contributed by atoms with Gasteiger partial charge in [-0.25, -0.2) is 0 Å². The highest BCUT2D eigenvalue weighted by atomic mass is 19.3. The van der Waals surface area contributed by atoms with E-state index in [2.05, 4.69) is 24.7 Å². The summed E-state index contributed by atoms with van der Waals surface area (Å²) in [5.41, 5.74) is 2.61. The van der Waals surface area contributed by atoms with Gasteiger partial charge in [0.1, 0.15) is 6.07 Å². The van der Waals surface area contributed by atoms with Gasteiger partial charge in [0, 0.05) is 6.42 Å². The van der Waals surface area contributed by atoms with E-state index >= 15 is 0 Å². The minimum atomic E-state index is -2.93. The minimum Gasteiger partial charge on any atom is -0.483 e. The van der Waals surface area contributed by atoms with E-state index in [1.807, 2.05) is 6.26 Å². The van der Waals surface area contributed by atoms with Gasteiger partial charge >= 0.3 is 6.11 Å². The molecule has 3 fully saturated rings. The number of alkyl halides is 2. The average molecular weight is 602 g/mol. The molecule has 0 N–H and O–H groups in total. The van der Waals surface area contributed by atoms with E-state index in [0.29, 0.717) is 12.3 Å². The summed E-state index contributed by atoms with van der Waals surface area (Å²) in [5, 5.41) is 8.82. The molecule has 1 atom stereocenters. The van der Waals surface area contributed by atoms with Gasteiger partial charge in [0.2, 0.25) is 0 Å². The molecule has 3 saturated carbocycles. The first kappa shape index (κ1) is 34.3. The molecule has 1 unspecified atom stereocenters. The Labute approximate surface area is 262 Å². The van der Waals surface area contributed by atoms with Crippen molar-refractivity contribution in [3.63, 3.8) is 0 Å². The molecule has 3 nitrogen and oxygen atoms in total. The van der Waals surface area contributed by atoms with Crippen molar-refractivity contribution in [1.29, 1.82) is 5.26 Å². The van der Waals surface area contributed by atoms with Crippen molar-refractivity contribution >= 4 is 0 Å². The molecular weight excluding hydrogens is 540 g/mol. The van der Waals surface area contributed by atoms with E-state index in [0.717, 1.165) is 48.0 Å². The Morgan fingerprint density at radius 1 is 0.698 bits per heavy atom. The standard InChI is InChI=1S/C21H34F2O.C17H27NO/c1-2-3-4-16-5-7-17(8-6-16)18-9-11-19(12-10-18)20-13-14-21(22,23)24-15-20;1-2-3-4-5-14-6-8-15(9-7-14)16-10-11-17(12-18)19-13-16/h15-19H,2-14H2,1H3;13-15,17H,2-11H2,1H3. The molecule has 43 heavy (non-hydrogen) atoms. The molecule has 0 saturated heterocycles. The molecular formula is C38H61F2NO2. The van der Waals surface area contributed by atoms with E-state index in [1.54, 1.807) is 0 Å². The van der Waals surface area contributed by atoms with Gasteiger partial charge in [-0.15, -0.1) is 0 Å². The third-order valence-electron chi connectivity index (χ3n) is 11.7. The maximum atomic E-state index is 13.1. The van der Waals surface area contributed by atoms with Crippen LogP contribution in [0.2, 0.25) is 0 Å². The van der Waals surface area contributed by atoms with Crippen LogP contribution in [0.5, 0.6) is 0 Å². The predicted octanol–water partition coefficient (Wildman–Crippen LogP) is 12.0. The van der Waals surface area contributed by atoms with Gasteiger partial charge in [-0.05, 0) is 124 Å². The number of nitriles is 1. The number of rotatable bonds is 10. The van der Waals surface area contributed by atoms with Crippen LogP contribution in [-0.4, -0.2) is 12.2 Å². The predicted molar refractivity (Wildman–Crippen MR) is 171 cm³/mol. The lowest BCUT2D eigenvalue weighted by Gasteiger charge is -2.39. The molecule has 0 spiro atoms. The maximum Gasteiger partial charge on any atom is 0.397 e. The Bertz CT molecular complexity index is 899. The second kappa shape index (κ2) is 17.8. The van der Waals surface area contributed by atoms with Gasteiger partial charge in [-0.2, -0.15) is 14.0 Å². The third kappa shape index (κ3) is 11.1. The smallest absolute Gasteiger partial charge is 0.397 e. The highest BCUT2D eigenvalue weighted by Crippen LogP contribution is 2.45. The number of nitrogens with zero attached hydrogens (tertiary/aromatic N) is 1. The lowest BCUT2D eigenvalue weighted by atomic mass is 9.67. The molecule has 2 heterocycles. The second-order valence-electron chi connectivity index (χ2n) is 14.7. The first-order valence-electron chi connectivity index (χ1n) is 18.4. The Morgan fingerprint density at radius 2 is 1.23 bits per heavy atom. The van der Waals surface area contributed by atoms with Crippen molar-refractivity contribution in [1.82, 2.24) is 0 Å². The molecule has 0 aromatic heterocycles. The monoisotopic (exact) mass is 601 g/mol. The van der Waals surface area contributed by atoms with Crippen LogP contribution in [0.4, 0.5) is 8.78 Å². The lowest BCUT2D eigenvalue weighted by Crippen LogP contribution is -2.28. The molecule has 5 heteroatoms. The Hall–Kier alpha value is -1.57.